The summed E-state index contributed by atoms with van der Waals surface area (Å²) in [7, 11) is 5.27. The summed E-state index contributed by atoms with van der Waals surface area (Å²) in [4.78, 5) is 26.3. The fourth-order valence-electron chi connectivity index (χ4n) is 5.73. The minimum absolute atomic E-state index is 0.0119. The molecule has 6 rings (SSSR count). The fraction of sp³-hybridized carbons (Fsp3) is 0.414. The number of carbonyl (C=O) groups is 2. The van der Waals surface area contributed by atoms with Crippen LogP contribution < -0.4 is 14.8 Å². The van der Waals surface area contributed by atoms with Gasteiger partial charge in [-0.3, -0.25) is 19.7 Å². The van der Waals surface area contributed by atoms with Crippen LogP contribution in [0, 0.1) is 5.92 Å². The highest BCUT2D eigenvalue weighted by Gasteiger charge is 2.42. The Bertz CT molecular complexity index is 1320. The smallest absolute Gasteiger partial charge is 0.411 e. The molecule has 3 saturated heterocycles. The number of piperidine rings is 3. The van der Waals surface area contributed by atoms with Crippen LogP contribution in [0.15, 0.2) is 48.5 Å². The number of ketones is 1. The van der Waals surface area contributed by atoms with Crippen LogP contribution in [0.5, 0.6) is 11.5 Å². The molecule has 1 N–H and O–H groups in total. The van der Waals surface area contributed by atoms with Gasteiger partial charge in [0, 0.05) is 48.1 Å². The highest BCUT2D eigenvalue weighted by Crippen LogP contribution is 2.43. The number of methoxy groups -OCH3 is 2. The lowest BCUT2D eigenvalue weighted by Gasteiger charge is -2.49. The molecule has 4 unspecified atom stereocenters. The molecule has 38 heavy (non-hydrogen) atoms. The molecule has 3 aliphatic rings. The predicted molar refractivity (Wildman–Crippen MR) is 144 cm³/mol. The Hall–Kier alpha value is -3.85. The number of rotatable bonds is 8. The Morgan fingerprint density at radius 1 is 1.05 bits per heavy atom. The molecule has 200 valence electrons. The molecular formula is C29H34N4O5. The van der Waals surface area contributed by atoms with E-state index in [9.17, 15) is 9.59 Å². The van der Waals surface area contributed by atoms with Gasteiger partial charge in [0.2, 0.25) is 0 Å². The van der Waals surface area contributed by atoms with Gasteiger partial charge >= 0.3 is 6.09 Å². The third kappa shape index (κ3) is 5.24. The van der Waals surface area contributed by atoms with E-state index in [4.69, 9.17) is 19.3 Å². The topological polar surface area (TPSA) is 94.9 Å². The van der Waals surface area contributed by atoms with Crippen molar-refractivity contribution in [2.75, 3.05) is 39.2 Å². The van der Waals surface area contributed by atoms with Crippen molar-refractivity contribution in [3.05, 3.63) is 59.8 Å². The number of carbonyl (C=O) groups excluding carboxylic acids is 2. The Morgan fingerprint density at radius 3 is 2.47 bits per heavy atom. The van der Waals surface area contributed by atoms with Crippen LogP contribution in [-0.4, -0.2) is 66.5 Å². The van der Waals surface area contributed by atoms with Crippen LogP contribution in [0.4, 0.5) is 10.5 Å². The highest BCUT2D eigenvalue weighted by molar-refractivity contribution is 5.94. The first-order valence-corrected chi connectivity index (χ1v) is 12.9. The molecule has 0 saturated carbocycles. The minimum atomic E-state index is -0.481. The quantitative estimate of drug-likeness (QED) is 0.431. The number of aromatic nitrogens is 2. The number of hydrogen-bond donors (Lipinski definition) is 1. The van der Waals surface area contributed by atoms with E-state index in [1.54, 1.807) is 38.5 Å². The van der Waals surface area contributed by atoms with Gasteiger partial charge in [-0.05, 0) is 80.8 Å². The van der Waals surface area contributed by atoms with Crippen molar-refractivity contribution < 1.29 is 23.8 Å². The molecule has 4 heterocycles. The third-order valence-corrected chi connectivity index (χ3v) is 7.80. The van der Waals surface area contributed by atoms with E-state index in [-0.39, 0.29) is 11.8 Å². The highest BCUT2D eigenvalue weighted by atomic mass is 16.5. The van der Waals surface area contributed by atoms with Crippen molar-refractivity contribution in [3.63, 3.8) is 0 Å². The number of ether oxygens (including phenoxy) is 3. The lowest BCUT2D eigenvalue weighted by atomic mass is 9.74. The van der Waals surface area contributed by atoms with Gasteiger partial charge in [0.1, 0.15) is 6.61 Å². The maximum atomic E-state index is 12.4. The maximum absolute atomic E-state index is 12.4. The molecule has 0 radical (unpaired) electrons. The number of nitrogens with zero attached hydrogens (tertiary/aromatic N) is 3. The molecule has 1 aromatic heterocycles. The second-order valence-corrected chi connectivity index (χ2v) is 10.0. The first-order valence-electron chi connectivity index (χ1n) is 12.9. The zero-order valence-electron chi connectivity index (χ0n) is 22.3. The average molecular weight is 519 g/mol. The van der Waals surface area contributed by atoms with Gasteiger partial charge in [0.25, 0.3) is 0 Å². The molecule has 9 heteroatoms. The molecule has 2 aromatic carbocycles. The van der Waals surface area contributed by atoms with Crippen molar-refractivity contribution >= 4 is 17.6 Å². The Labute approximate surface area is 222 Å². The summed E-state index contributed by atoms with van der Waals surface area (Å²) in [6, 6.07) is 15.0. The molecule has 3 aliphatic heterocycles. The van der Waals surface area contributed by atoms with Crippen LogP contribution in [0.2, 0.25) is 0 Å². The van der Waals surface area contributed by atoms with Crippen LogP contribution in [0.25, 0.3) is 11.3 Å². The van der Waals surface area contributed by atoms with Gasteiger partial charge in [-0.2, -0.15) is 5.10 Å². The monoisotopic (exact) mass is 518 g/mol. The number of anilines is 1. The molecule has 4 atom stereocenters. The van der Waals surface area contributed by atoms with Gasteiger partial charge in [-0.25, -0.2) is 4.79 Å². The van der Waals surface area contributed by atoms with Crippen molar-refractivity contribution in [2.24, 2.45) is 13.0 Å². The molecule has 3 aromatic rings. The van der Waals surface area contributed by atoms with Gasteiger partial charge in [-0.1, -0.05) is 0 Å². The predicted octanol–water partition coefficient (Wildman–Crippen LogP) is 4.73. The lowest BCUT2D eigenvalue weighted by molar-refractivity contribution is -0.00222. The van der Waals surface area contributed by atoms with E-state index in [1.165, 1.54) is 12.6 Å². The largest absolute Gasteiger partial charge is 0.493 e. The summed E-state index contributed by atoms with van der Waals surface area (Å²) in [5.74, 6) is 2.24. The summed E-state index contributed by atoms with van der Waals surface area (Å²) in [5.41, 5.74) is 4.32. The number of aryl methyl sites for hydroxylation is 1. The first-order chi connectivity index (χ1) is 18.4. The van der Waals surface area contributed by atoms with Crippen molar-refractivity contribution in [1.82, 2.24) is 14.7 Å². The van der Waals surface area contributed by atoms with Crippen LogP contribution in [0.1, 0.15) is 41.7 Å². The van der Waals surface area contributed by atoms with E-state index >= 15 is 0 Å². The molecule has 0 aliphatic carbocycles. The summed E-state index contributed by atoms with van der Waals surface area (Å²) in [6.45, 7) is 3.78. The fourth-order valence-corrected chi connectivity index (χ4v) is 5.73. The van der Waals surface area contributed by atoms with Crippen molar-refractivity contribution in [3.8, 4) is 22.8 Å². The van der Waals surface area contributed by atoms with E-state index < -0.39 is 6.09 Å². The maximum Gasteiger partial charge on any atom is 0.411 e. The molecule has 3 fully saturated rings. The molecular weight excluding hydrogens is 484 g/mol. The number of nitrogens with one attached hydrogen (secondary N) is 1. The Balaban J connectivity index is 1.20. The summed E-state index contributed by atoms with van der Waals surface area (Å²) in [5, 5.41) is 7.56. The second-order valence-electron chi connectivity index (χ2n) is 10.0. The van der Waals surface area contributed by atoms with Gasteiger partial charge in [0.05, 0.1) is 19.9 Å². The first kappa shape index (κ1) is 25.8. The van der Waals surface area contributed by atoms with Gasteiger partial charge < -0.3 is 14.2 Å². The van der Waals surface area contributed by atoms with Crippen molar-refractivity contribution in [2.45, 2.75) is 31.7 Å². The zero-order valence-corrected chi connectivity index (χ0v) is 22.3. The standard InChI is InChI=1S/C29H34N4O5/c1-18(34)19-5-8-22(9-6-19)30-29(35)38-17-23-13-20-11-12-33(23)16-24(20)26-15-25(31-32(26)2)21-7-10-27(36-3)28(14-21)37-4/h5-10,14-15,20,23-24H,11-13,16-17H2,1-4H3,(H,30,35). The molecule has 0 spiro atoms. The summed E-state index contributed by atoms with van der Waals surface area (Å²) < 4.78 is 18.4. The minimum Gasteiger partial charge on any atom is -0.493 e. The second kappa shape index (κ2) is 10.9. The number of hydrogen-bond acceptors (Lipinski definition) is 7. The Morgan fingerprint density at radius 2 is 1.82 bits per heavy atom. The van der Waals surface area contributed by atoms with Crippen LogP contribution in [-0.2, 0) is 11.8 Å². The Kier molecular flexibility index (Phi) is 7.37. The van der Waals surface area contributed by atoms with Crippen LogP contribution in [0.3, 0.4) is 0 Å². The zero-order chi connectivity index (χ0) is 26.8. The number of fused-ring (bicyclic) bond motifs is 3. The van der Waals surface area contributed by atoms with Gasteiger partial charge in [0.15, 0.2) is 17.3 Å². The number of Topliss-reactive ketones (excluding diaryl/α,β-unsaturated/α-hetero) is 1. The average Bonchev–Trinajstić information content (AvgIpc) is 3.33. The third-order valence-electron chi connectivity index (χ3n) is 7.80. The van der Waals surface area contributed by atoms with Crippen LogP contribution >= 0.6 is 0 Å². The van der Waals surface area contributed by atoms with E-state index in [0.29, 0.717) is 41.2 Å². The lowest BCUT2D eigenvalue weighted by Crippen LogP contribution is -2.54. The number of amides is 1. The SMILES string of the molecule is COc1ccc(-c2cc(C3CN4CCC3CC4COC(=O)Nc3ccc(C(C)=O)cc3)n(C)n2)cc1OC. The summed E-state index contributed by atoms with van der Waals surface area (Å²) in [6.07, 6.45) is 1.61. The van der Waals surface area contributed by atoms with E-state index in [1.807, 2.05) is 29.9 Å². The van der Waals surface area contributed by atoms with E-state index in [2.05, 4.69) is 16.3 Å². The summed E-state index contributed by atoms with van der Waals surface area (Å²) >= 11 is 0. The van der Waals surface area contributed by atoms with Gasteiger partial charge in [-0.15, -0.1) is 0 Å². The number of benzene rings is 2. The molecule has 2 bridgehead atoms. The van der Waals surface area contributed by atoms with Crippen molar-refractivity contribution in [1.29, 1.82) is 0 Å². The normalized spacial score (nSPS) is 22.1. The molecule has 1 amide bonds. The van der Waals surface area contributed by atoms with E-state index in [0.717, 1.165) is 37.2 Å². The molecule has 9 nitrogen and oxygen atoms in total.